The molecule has 1 aliphatic heterocycles. The first-order valence-electron chi connectivity index (χ1n) is 24.9. The van der Waals surface area contributed by atoms with Crippen LogP contribution in [-0.2, 0) is 40.1 Å². The highest BCUT2D eigenvalue weighted by atomic mass is 32.2. The Kier molecular flexibility index (Phi) is 16.7. The van der Waals surface area contributed by atoms with Crippen molar-refractivity contribution < 1.29 is 42.3 Å². The fourth-order valence-electron chi connectivity index (χ4n) is 9.90. The molecule has 0 bridgehead atoms. The molecule has 9 rings (SSSR count). The van der Waals surface area contributed by atoms with Crippen LogP contribution in [0.5, 0.6) is 11.5 Å². The number of methoxy groups -OCH3 is 2. The van der Waals surface area contributed by atoms with E-state index < -0.39 is 47.7 Å². The van der Waals surface area contributed by atoms with E-state index in [0.29, 0.717) is 28.6 Å². The Labute approximate surface area is 455 Å². The van der Waals surface area contributed by atoms with E-state index in [4.69, 9.17) is 33.0 Å². The van der Waals surface area contributed by atoms with Crippen LogP contribution in [0.25, 0.3) is 5.52 Å². The van der Waals surface area contributed by atoms with Crippen LogP contribution < -0.4 is 14.8 Å². The van der Waals surface area contributed by atoms with E-state index in [1.165, 1.54) is 10.8 Å². The van der Waals surface area contributed by atoms with Gasteiger partial charge in [-0.1, -0.05) is 157 Å². The molecule has 2 aromatic heterocycles. The van der Waals surface area contributed by atoms with Gasteiger partial charge in [0, 0.05) is 5.75 Å². The molecule has 0 spiro atoms. The molecule has 17 heteroatoms. The Morgan fingerprint density at radius 2 is 1.27 bits per heavy atom. The fraction of sp³-hybridized carbons (Fsp3) is 0.267. The number of anilines is 1. The number of carbonyl (C=O) groups is 1. The maximum Gasteiger partial charge on any atom is 0.447 e. The molecule has 1 aliphatic rings. The van der Waals surface area contributed by atoms with Crippen LogP contribution >= 0.6 is 28.0 Å². The SMILES string of the molecule is COc1ccc(C(Nc2ncnn3c([C@]4(C#N)O[C@H](CO[P+](=P)OCCSC(=O)C(C)(C)COC(c5ccccc5)(c5ccccc5)c5ccccc5)[C@@H](O)[C@@]4(C)F)ccc23)(c2ccccc2)c2ccc(OC)cc2)cc1. The lowest BCUT2D eigenvalue weighted by atomic mass is 9.77. The molecule has 0 radical (unpaired) electrons. The molecule has 3 heterocycles. The molecule has 77 heavy (non-hydrogen) atoms. The molecular weight excluding hydrogens is 1030 g/mol. The van der Waals surface area contributed by atoms with E-state index in [2.05, 4.69) is 25.0 Å². The zero-order chi connectivity index (χ0) is 54.3. The number of alkyl halides is 1. The van der Waals surface area contributed by atoms with E-state index in [1.54, 1.807) is 26.4 Å². The summed E-state index contributed by atoms with van der Waals surface area (Å²) in [7, 11) is 4.93. The molecule has 1 unspecified atom stereocenters. The second kappa shape index (κ2) is 23.4. The minimum Gasteiger partial charge on any atom is -0.497 e. The number of aliphatic hydroxyl groups excluding tert-OH is 1. The first-order valence-corrected chi connectivity index (χ1v) is 28.4. The summed E-state index contributed by atoms with van der Waals surface area (Å²) in [5.41, 5.74) is -2.19. The molecule has 13 nitrogen and oxygen atoms in total. The summed E-state index contributed by atoms with van der Waals surface area (Å²) in [6, 6.07) is 60.6. The van der Waals surface area contributed by atoms with Crippen molar-refractivity contribution in [2.75, 3.05) is 45.1 Å². The number of nitriles is 1. The predicted octanol–water partition coefficient (Wildman–Crippen LogP) is 12.1. The maximum atomic E-state index is 17.3. The molecule has 0 aliphatic carbocycles. The van der Waals surface area contributed by atoms with Gasteiger partial charge in [0.25, 0.3) is 0 Å². The van der Waals surface area contributed by atoms with Gasteiger partial charge in [-0.3, -0.25) is 4.79 Å². The topological polar surface area (TPSA) is 159 Å². The van der Waals surface area contributed by atoms with Crippen molar-refractivity contribution in [3.8, 4) is 17.6 Å². The van der Waals surface area contributed by atoms with Crippen molar-refractivity contribution in [1.82, 2.24) is 14.6 Å². The van der Waals surface area contributed by atoms with Crippen LogP contribution in [0.4, 0.5) is 10.2 Å². The van der Waals surface area contributed by atoms with Gasteiger partial charge in [0.1, 0.15) is 66.0 Å². The summed E-state index contributed by atoms with van der Waals surface area (Å²) in [4.78, 5) is 18.6. The number of halogens is 1. The number of nitrogens with one attached hydrogen (secondary N) is 1. The Morgan fingerprint density at radius 3 is 1.77 bits per heavy atom. The molecule has 8 aromatic rings. The van der Waals surface area contributed by atoms with Crippen molar-refractivity contribution in [2.45, 2.75) is 55.4 Å². The van der Waals surface area contributed by atoms with Crippen LogP contribution in [0, 0.1) is 16.7 Å². The number of hydrogen-bond donors (Lipinski definition) is 2. The van der Waals surface area contributed by atoms with Gasteiger partial charge in [-0.05, 0) is 90.6 Å². The number of hydrogen-bond acceptors (Lipinski definition) is 13. The van der Waals surface area contributed by atoms with Gasteiger partial charge in [0.2, 0.25) is 5.60 Å². The summed E-state index contributed by atoms with van der Waals surface area (Å²) < 4.78 is 55.0. The maximum absolute atomic E-state index is 17.3. The third kappa shape index (κ3) is 10.7. The molecule has 2 N–H and O–H groups in total. The van der Waals surface area contributed by atoms with E-state index in [9.17, 15) is 15.2 Å². The average molecular weight is 1090 g/mol. The summed E-state index contributed by atoms with van der Waals surface area (Å²) in [5, 5.41) is 30.7. The second-order valence-corrected chi connectivity index (χ2v) is 22.5. The Bertz CT molecular complexity index is 3190. The summed E-state index contributed by atoms with van der Waals surface area (Å²) >= 11 is 1.12. The summed E-state index contributed by atoms with van der Waals surface area (Å²) in [6.07, 6.45) is -1.80. The Hall–Kier alpha value is -6.82. The van der Waals surface area contributed by atoms with Gasteiger partial charge in [-0.2, -0.15) is 10.4 Å². The summed E-state index contributed by atoms with van der Waals surface area (Å²) in [6.45, 7) is 4.76. The summed E-state index contributed by atoms with van der Waals surface area (Å²) in [5.74, 6) is 1.99. The van der Waals surface area contributed by atoms with Crippen molar-refractivity contribution in [2.24, 2.45) is 5.41 Å². The van der Waals surface area contributed by atoms with Gasteiger partial charge in [-0.15, -0.1) is 9.05 Å². The quantitative estimate of drug-likeness (QED) is 0.0375. The zero-order valence-electron chi connectivity index (χ0n) is 43.2. The van der Waals surface area contributed by atoms with E-state index in [-0.39, 0.29) is 30.6 Å². The molecule has 6 aromatic carbocycles. The van der Waals surface area contributed by atoms with Crippen molar-refractivity contribution >= 4 is 44.4 Å². The van der Waals surface area contributed by atoms with Gasteiger partial charge >= 0.3 is 7.66 Å². The average Bonchev–Trinajstić information content (AvgIpc) is 4.08. The number of aromatic nitrogens is 3. The number of rotatable bonds is 22. The minimum absolute atomic E-state index is 0.0315. The van der Waals surface area contributed by atoms with Crippen LogP contribution in [0.15, 0.2) is 188 Å². The number of benzene rings is 6. The third-order valence-corrected chi connectivity index (χ3v) is 16.8. The molecule has 0 saturated carbocycles. The third-order valence-electron chi connectivity index (χ3n) is 14.1. The first-order chi connectivity index (χ1) is 37.2. The number of carbonyl (C=O) groups excluding carboxylic acids is 1. The standard InChI is InChI=1S/C60H59FN5O8P2S/c1-56(2,40-71-60(45-20-12-7-13-21-45,46-22-14-8-15-23-46)47-24-16-9-17-25-47)55(68)77-37-36-72-76(75)73-38-51-53(67)57(3,61)58(39-62,74-51)52-35-34-50-54(63-41-64-66(50)52)65-59(42-18-10-6-11-19-42,43-26-30-48(69-4)31-27-43)44-28-32-49(70-5)33-29-44/h6-35,41,51,53,67,75H,36-38,40H2,1-5H3,(H,63,64,65)/q+1/t51-,53-,57-,58+/m1/s1. The van der Waals surface area contributed by atoms with Gasteiger partial charge in [0.05, 0.1) is 31.9 Å². The monoisotopic (exact) mass is 1090 g/mol. The molecule has 1 fully saturated rings. The number of nitrogens with zero attached hydrogens (tertiary/aromatic N) is 4. The minimum atomic E-state index is -2.66. The smallest absolute Gasteiger partial charge is 0.447 e. The lowest BCUT2D eigenvalue weighted by Crippen LogP contribution is -2.48. The highest BCUT2D eigenvalue weighted by Crippen LogP contribution is 2.51. The van der Waals surface area contributed by atoms with Crippen molar-refractivity contribution in [1.29, 1.82) is 5.26 Å². The number of ether oxygens (including phenoxy) is 4. The largest absolute Gasteiger partial charge is 0.497 e. The van der Waals surface area contributed by atoms with Crippen molar-refractivity contribution in [3.05, 3.63) is 227 Å². The molecule has 394 valence electrons. The second-order valence-electron chi connectivity index (χ2n) is 19.3. The predicted molar refractivity (Wildman–Crippen MR) is 300 cm³/mol. The zero-order valence-corrected chi connectivity index (χ0v) is 45.9. The highest BCUT2D eigenvalue weighted by molar-refractivity contribution is 8.13. The normalized spacial score (nSPS) is 18.9. The van der Waals surface area contributed by atoms with Crippen LogP contribution in [0.3, 0.4) is 0 Å². The van der Waals surface area contributed by atoms with Gasteiger partial charge in [0.15, 0.2) is 25.1 Å². The van der Waals surface area contributed by atoms with Crippen LogP contribution in [0.2, 0.25) is 0 Å². The van der Waals surface area contributed by atoms with E-state index >= 15 is 4.39 Å². The van der Waals surface area contributed by atoms with Crippen LogP contribution in [-0.4, -0.2) is 82.5 Å². The molecule has 1 saturated heterocycles. The fourth-order valence-corrected chi connectivity index (χ4v) is 11.9. The van der Waals surface area contributed by atoms with Crippen molar-refractivity contribution in [3.63, 3.8) is 0 Å². The molecular formula is C60H59FN5O8P2S+. The highest BCUT2D eigenvalue weighted by Gasteiger charge is 2.67. The number of fused-ring (bicyclic) bond motifs is 1. The van der Waals surface area contributed by atoms with Gasteiger partial charge in [-0.25, -0.2) is 13.9 Å². The molecule has 5 atom stereocenters. The lowest BCUT2D eigenvalue weighted by Gasteiger charge is -2.38. The van der Waals surface area contributed by atoms with E-state index in [1.807, 2.05) is 184 Å². The number of thioether (sulfide) groups is 1. The van der Waals surface area contributed by atoms with Gasteiger partial charge < -0.3 is 29.4 Å². The Morgan fingerprint density at radius 1 is 0.779 bits per heavy atom. The number of aliphatic hydroxyl groups is 1. The van der Waals surface area contributed by atoms with Crippen LogP contribution in [0.1, 0.15) is 59.8 Å². The first kappa shape index (κ1) is 55.0. The van der Waals surface area contributed by atoms with E-state index in [0.717, 1.165) is 52.1 Å². The lowest BCUT2D eigenvalue weighted by molar-refractivity contribution is -0.124. The Balaban J connectivity index is 0.879. The molecule has 0 amide bonds.